The standard InChI is InChI=1S/C10H19NO5/c12-6-8(7-13)11-9(14)4-2-1-3-5-10(15)16/h8,12-13H,1-7H2,(H,11,14)(H,15,16). The zero-order chi connectivity index (χ0) is 12.4. The minimum absolute atomic E-state index is 0.123. The number of nitrogens with one attached hydrogen (secondary N) is 1. The van der Waals surface area contributed by atoms with Crippen molar-refractivity contribution in [1.29, 1.82) is 0 Å². The molecule has 0 aromatic rings. The highest BCUT2D eigenvalue weighted by atomic mass is 16.4. The molecule has 0 radical (unpaired) electrons. The summed E-state index contributed by atoms with van der Waals surface area (Å²) in [5.74, 6) is -1.06. The van der Waals surface area contributed by atoms with Gasteiger partial charge in [0.1, 0.15) is 0 Å². The quantitative estimate of drug-likeness (QED) is 0.401. The Balaban J connectivity index is 3.46. The van der Waals surface area contributed by atoms with Crippen molar-refractivity contribution < 1.29 is 24.9 Å². The molecule has 6 nitrogen and oxygen atoms in total. The van der Waals surface area contributed by atoms with E-state index in [0.29, 0.717) is 19.3 Å². The summed E-state index contributed by atoms with van der Waals surface area (Å²) < 4.78 is 0. The molecule has 0 bridgehead atoms. The monoisotopic (exact) mass is 233 g/mol. The molecular weight excluding hydrogens is 214 g/mol. The number of hydrogen-bond donors (Lipinski definition) is 4. The van der Waals surface area contributed by atoms with Gasteiger partial charge < -0.3 is 20.6 Å². The Kier molecular flexibility index (Phi) is 8.46. The van der Waals surface area contributed by atoms with Crippen LogP contribution in [0.3, 0.4) is 0 Å². The van der Waals surface area contributed by atoms with Crippen molar-refractivity contribution >= 4 is 11.9 Å². The first kappa shape index (κ1) is 14.9. The summed E-state index contributed by atoms with van der Waals surface area (Å²) >= 11 is 0. The van der Waals surface area contributed by atoms with Gasteiger partial charge in [0.2, 0.25) is 5.91 Å². The second kappa shape index (κ2) is 9.11. The zero-order valence-corrected chi connectivity index (χ0v) is 9.19. The van der Waals surface area contributed by atoms with Gasteiger partial charge in [-0.05, 0) is 12.8 Å². The van der Waals surface area contributed by atoms with Gasteiger partial charge in [0.25, 0.3) is 0 Å². The fourth-order valence-electron chi connectivity index (χ4n) is 1.19. The lowest BCUT2D eigenvalue weighted by Gasteiger charge is -2.12. The van der Waals surface area contributed by atoms with E-state index in [4.69, 9.17) is 15.3 Å². The van der Waals surface area contributed by atoms with Crippen LogP contribution in [0.2, 0.25) is 0 Å². The molecule has 16 heavy (non-hydrogen) atoms. The molecule has 0 saturated carbocycles. The van der Waals surface area contributed by atoms with Crippen LogP contribution in [0.4, 0.5) is 0 Å². The van der Waals surface area contributed by atoms with Crippen LogP contribution >= 0.6 is 0 Å². The number of hydrogen-bond acceptors (Lipinski definition) is 4. The summed E-state index contributed by atoms with van der Waals surface area (Å²) in [5, 5.41) is 28.2. The molecule has 0 aliphatic heterocycles. The van der Waals surface area contributed by atoms with Crippen LogP contribution in [0.1, 0.15) is 32.1 Å². The molecule has 0 rings (SSSR count). The predicted molar refractivity (Wildman–Crippen MR) is 56.8 cm³/mol. The Morgan fingerprint density at radius 3 is 2.06 bits per heavy atom. The summed E-state index contributed by atoms with van der Waals surface area (Å²) in [7, 11) is 0. The summed E-state index contributed by atoms with van der Waals surface area (Å²) in [6.07, 6.45) is 2.27. The van der Waals surface area contributed by atoms with Crippen molar-refractivity contribution in [1.82, 2.24) is 5.32 Å². The maximum atomic E-state index is 11.2. The minimum Gasteiger partial charge on any atom is -0.481 e. The smallest absolute Gasteiger partial charge is 0.303 e. The maximum absolute atomic E-state index is 11.2. The van der Waals surface area contributed by atoms with Gasteiger partial charge in [0.15, 0.2) is 0 Å². The minimum atomic E-state index is -0.829. The van der Waals surface area contributed by atoms with Crippen LogP contribution in [-0.2, 0) is 9.59 Å². The molecule has 0 aromatic heterocycles. The molecule has 1 amide bonds. The van der Waals surface area contributed by atoms with Gasteiger partial charge in [-0.15, -0.1) is 0 Å². The van der Waals surface area contributed by atoms with E-state index in [1.165, 1.54) is 0 Å². The Morgan fingerprint density at radius 2 is 1.56 bits per heavy atom. The van der Waals surface area contributed by atoms with Crippen LogP contribution in [0.5, 0.6) is 0 Å². The number of carboxylic acids is 1. The first-order chi connectivity index (χ1) is 7.60. The number of carboxylic acid groups (broad SMARTS) is 1. The van der Waals surface area contributed by atoms with Crippen molar-refractivity contribution in [2.75, 3.05) is 13.2 Å². The van der Waals surface area contributed by atoms with E-state index in [-0.39, 0.29) is 32.0 Å². The van der Waals surface area contributed by atoms with Crippen LogP contribution in [0, 0.1) is 0 Å². The molecule has 0 heterocycles. The topological polar surface area (TPSA) is 107 Å². The molecule has 94 valence electrons. The third-order valence-corrected chi connectivity index (χ3v) is 2.10. The number of rotatable bonds is 9. The van der Waals surface area contributed by atoms with Crippen molar-refractivity contribution in [2.45, 2.75) is 38.1 Å². The average Bonchev–Trinajstić information content (AvgIpc) is 2.25. The lowest BCUT2D eigenvalue weighted by molar-refractivity contribution is -0.137. The number of aliphatic carboxylic acids is 1. The van der Waals surface area contributed by atoms with Crippen LogP contribution in [0.25, 0.3) is 0 Å². The Morgan fingerprint density at radius 1 is 1.00 bits per heavy atom. The number of carbonyl (C=O) groups is 2. The molecular formula is C10H19NO5. The first-order valence-corrected chi connectivity index (χ1v) is 5.33. The summed E-state index contributed by atoms with van der Waals surface area (Å²) in [6.45, 7) is -0.581. The summed E-state index contributed by atoms with van der Waals surface area (Å²) in [5.41, 5.74) is 0. The van der Waals surface area contributed by atoms with E-state index >= 15 is 0 Å². The van der Waals surface area contributed by atoms with E-state index in [1.807, 2.05) is 0 Å². The van der Waals surface area contributed by atoms with Gasteiger partial charge in [-0.1, -0.05) is 6.42 Å². The van der Waals surface area contributed by atoms with Crippen LogP contribution in [0.15, 0.2) is 0 Å². The van der Waals surface area contributed by atoms with Gasteiger partial charge in [-0.2, -0.15) is 0 Å². The lowest BCUT2D eigenvalue weighted by atomic mass is 10.1. The number of aliphatic hydroxyl groups excluding tert-OH is 2. The summed E-state index contributed by atoms with van der Waals surface area (Å²) in [4.78, 5) is 21.4. The Bertz CT molecular complexity index is 215. The lowest BCUT2D eigenvalue weighted by Crippen LogP contribution is -2.39. The van der Waals surface area contributed by atoms with E-state index in [2.05, 4.69) is 5.32 Å². The van der Waals surface area contributed by atoms with Crippen molar-refractivity contribution in [3.8, 4) is 0 Å². The van der Waals surface area contributed by atoms with E-state index < -0.39 is 12.0 Å². The van der Waals surface area contributed by atoms with E-state index in [1.54, 1.807) is 0 Å². The molecule has 0 unspecified atom stereocenters. The molecule has 6 heteroatoms. The van der Waals surface area contributed by atoms with Gasteiger partial charge >= 0.3 is 5.97 Å². The summed E-state index contributed by atoms with van der Waals surface area (Å²) in [6, 6.07) is -0.605. The van der Waals surface area contributed by atoms with Crippen LogP contribution < -0.4 is 5.32 Å². The van der Waals surface area contributed by atoms with Gasteiger partial charge in [-0.3, -0.25) is 9.59 Å². The van der Waals surface area contributed by atoms with E-state index in [9.17, 15) is 9.59 Å². The average molecular weight is 233 g/mol. The molecule has 0 atom stereocenters. The zero-order valence-electron chi connectivity index (χ0n) is 9.19. The molecule has 0 spiro atoms. The fraction of sp³-hybridized carbons (Fsp3) is 0.800. The van der Waals surface area contributed by atoms with Crippen molar-refractivity contribution in [3.05, 3.63) is 0 Å². The molecule has 0 saturated heterocycles. The second-order valence-electron chi connectivity index (χ2n) is 3.58. The molecule has 0 aromatic carbocycles. The van der Waals surface area contributed by atoms with Gasteiger partial charge in [-0.25, -0.2) is 0 Å². The Labute approximate surface area is 94.3 Å². The number of amides is 1. The highest BCUT2D eigenvalue weighted by Crippen LogP contribution is 2.03. The number of aliphatic hydroxyl groups is 2. The third-order valence-electron chi connectivity index (χ3n) is 2.10. The second-order valence-corrected chi connectivity index (χ2v) is 3.58. The highest BCUT2D eigenvalue weighted by Gasteiger charge is 2.09. The molecule has 4 N–H and O–H groups in total. The SMILES string of the molecule is O=C(O)CCCCCC(=O)NC(CO)CO. The highest BCUT2D eigenvalue weighted by molar-refractivity contribution is 5.76. The molecule has 0 aliphatic carbocycles. The van der Waals surface area contributed by atoms with Crippen LogP contribution in [-0.4, -0.2) is 46.5 Å². The largest absolute Gasteiger partial charge is 0.481 e. The van der Waals surface area contributed by atoms with Crippen molar-refractivity contribution in [3.63, 3.8) is 0 Å². The number of unbranched alkanes of at least 4 members (excludes halogenated alkanes) is 2. The third kappa shape index (κ3) is 8.19. The maximum Gasteiger partial charge on any atom is 0.303 e. The number of carbonyl (C=O) groups excluding carboxylic acids is 1. The van der Waals surface area contributed by atoms with Gasteiger partial charge in [0, 0.05) is 12.8 Å². The van der Waals surface area contributed by atoms with E-state index in [0.717, 1.165) is 0 Å². The van der Waals surface area contributed by atoms with Crippen molar-refractivity contribution in [2.24, 2.45) is 0 Å². The normalized spacial score (nSPS) is 10.4. The molecule has 0 aliphatic rings. The predicted octanol–water partition coefficient (Wildman–Crippen LogP) is -0.509. The van der Waals surface area contributed by atoms with Gasteiger partial charge in [0.05, 0.1) is 19.3 Å². The molecule has 0 fully saturated rings. The fourth-order valence-corrected chi connectivity index (χ4v) is 1.19. The Hall–Kier alpha value is -1.14. The first-order valence-electron chi connectivity index (χ1n) is 5.33.